The third-order valence-electron chi connectivity index (χ3n) is 4.97. The number of imidazole rings is 1. The SMILES string of the molecule is C#Cc1ccc(-c2c(-c3cnn(C)c3)ncn2CCc2cnn(C(C)C)c2)cc1. The van der Waals surface area contributed by atoms with E-state index in [1.165, 1.54) is 5.56 Å². The Bertz CT molecular complexity index is 1150. The van der Waals surface area contributed by atoms with E-state index in [2.05, 4.69) is 52.9 Å². The fourth-order valence-electron chi connectivity index (χ4n) is 3.37. The summed E-state index contributed by atoms with van der Waals surface area (Å²) in [7, 11) is 1.91. The van der Waals surface area contributed by atoms with Gasteiger partial charge < -0.3 is 4.57 Å². The topological polar surface area (TPSA) is 53.5 Å². The van der Waals surface area contributed by atoms with E-state index in [4.69, 9.17) is 11.4 Å². The summed E-state index contributed by atoms with van der Waals surface area (Å²) in [6.45, 7) is 5.07. The second-order valence-electron chi connectivity index (χ2n) is 7.43. The normalized spacial score (nSPS) is 11.1. The van der Waals surface area contributed by atoms with Gasteiger partial charge in [0.25, 0.3) is 0 Å². The van der Waals surface area contributed by atoms with E-state index in [-0.39, 0.29) is 0 Å². The van der Waals surface area contributed by atoms with E-state index < -0.39 is 0 Å². The maximum Gasteiger partial charge on any atom is 0.0994 e. The standard InChI is InChI=1S/C23H24N6/c1-5-18-6-8-20(9-7-18)23-22(21-13-25-27(4)15-21)24-16-28(23)11-10-19-12-26-29(14-19)17(2)3/h1,6-9,12-17H,10-11H2,2-4H3. The van der Waals surface area contributed by atoms with Crippen LogP contribution in [0.25, 0.3) is 22.5 Å². The Labute approximate surface area is 170 Å². The first-order valence-corrected chi connectivity index (χ1v) is 9.69. The van der Waals surface area contributed by atoms with Gasteiger partial charge in [-0.05, 0) is 38.0 Å². The number of hydrogen-bond donors (Lipinski definition) is 0. The average molecular weight is 384 g/mol. The highest BCUT2D eigenvalue weighted by molar-refractivity contribution is 5.78. The number of hydrogen-bond acceptors (Lipinski definition) is 3. The first-order chi connectivity index (χ1) is 14.0. The molecule has 0 fully saturated rings. The molecule has 0 aliphatic carbocycles. The fraction of sp³-hybridized carbons (Fsp3) is 0.261. The predicted octanol–water partition coefficient (Wildman–Crippen LogP) is 3.95. The van der Waals surface area contributed by atoms with Crippen LogP contribution >= 0.6 is 0 Å². The van der Waals surface area contributed by atoms with Crippen molar-refractivity contribution < 1.29 is 0 Å². The maximum absolute atomic E-state index is 5.52. The van der Waals surface area contributed by atoms with Gasteiger partial charge in [-0.15, -0.1) is 6.42 Å². The molecule has 3 heterocycles. The van der Waals surface area contributed by atoms with Crippen molar-refractivity contribution in [2.75, 3.05) is 0 Å². The van der Waals surface area contributed by atoms with Gasteiger partial charge in [0, 0.05) is 48.7 Å². The summed E-state index contributed by atoms with van der Waals surface area (Å²) in [5.41, 5.74) is 6.14. The summed E-state index contributed by atoms with van der Waals surface area (Å²) in [4.78, 5) is 4.71. The highest BCUT2D eigenvalue weighted by atomic mass is 15.3. The van der Waals surface area contributed by atoms with Crippen LogP contribution < -0.4 is 0 Å². The molecule has 146 valence electrons. The van der Waals surface area contributed by atoms with Crippen molar-refractivity contribution in [3.05, 3.63) is 66.5 Å². The summed E-state index contributed by atoms with van der Waals surface area (Å²) in [6.07, 6.45) is 16.2. The van der Waals surface area contributed by atoms with Gasteiger partial charge in [-0.3, -0.25) is 9.36 Å². The molecular weight excluding hydrogens is 360 g/mol. The molecule has 0 spiro atoms. The van der Waals surface area contributed by atoms with Gasteiger partial charge >= 0.3 is 0 Å². The molecule has 0 saturated carbocycles. The Morgan fingerprint density at radius 1 is 1.03 bits per heavy atom. The summed E-state index contributed by atoms with van der Waals surface area (Å²) in [5, 5.41) is 8.75. The molecule has 0 aliphatic heterocycles. The Morgan fingerprint density at radius 3 is 2.45 bits per heavy atom. The lowest BCUT2D eigenvalue weighted by molar-refractivity contribution is 0.531. The monoisotopic (exact) mass is 384 g/mol. The van der Waals surface area contributed by atoms with Crippen LogP contribution in [0.1, 0.15) is 31.0 Å². The number of nitrogens with zero attached hydrogens (tertiary/aromatic N) is 6. The van der Waals surface area contributed by atoms with Crippen LogP contribution in [0.4, 0.5) is 0 Å². The molecule has 1 aromatic carbocycles. The van der Waals surface area contributed by atoms with Crippen LogP contribution in [0.5, 0.6) is 0 Å². The molecule has 4 aromatic rings. The lowest BCUT2D eigenvalue weighted by atomic mass is 10.0. The number of terminal acetylenes is 1. The van der Waals surface area contributed by atoms with E-state index in [9.17, 15) is 0 Å². The lowest BCUT2D eigenvalue weighted by Gasteiger charge is -2.10. The van der Waals surface area contributed by atoms with Crippen LogP contribution in [-0.4, -0.2) is 29.1 Å². The minimum Gasteiger partial charge on any atom is -0.330 e. The zero-order chi connectivity index (χ0) is 20.4. The Balaban J connectivity index is 1.69. The van der Waals surface area contributed by atoms with Gasteiger partial charge in [0.2, 0.25) is 0 Å². The summed E-state index contributed by atoms with van der Waals surface area (Å²) in [6, 6.07) is 8.40. The minimum atomic E-state index is 0.361. The molecule has 29 heavy (non-hydrogen) atoms. The molecule has 6 nitrogen and oxygen atoms in total. The molecule has 0 atom stereocenters. The highest BCUT2D eigenvalue weighted by Gasteiger charge is 2.16. The van der Waals surface area contributed by atoms with E-state index >= 15 is 0 Å². The smallest absolute Gasteiger partial charge is 0.0994 e. The quantitative estimate of drug-likeness (QED) is 0.473. The molecule has 3 aromatic heterocycles. The second kappa shape index (κ2) is 7.80. The Hall–Kier alpha value is -3.59. The van der Waals surface area contributed by atoms with Crippen LogP contribution in [-0.2, 0) is 20.0 Å². The first-order valence-electron chi connectivity index (χ1n) is 9.69. The van der Waals surface area contributed by atoms with Crippen molar-refractivity contribution in [3.63, 3.8) is 0 Å². The molecule has 0 aliphatic rings. The van der Waals surface area contributed by atoms with Crippen molar-refractivity contribution in [3.8, 4) is 34.9 Å². The third-order valence-corrected chi connectivity index (χ3v) is 4.97. The van der Waals surface area contributed by atoms with Gasteiger partial charge in [-0.25, -0.2) is 4.98 Å². The Kier molecular flexibility index (Phi) is 5.05. The van der Waals surface area contributed by atoms with Crippen LogP contribution in [0.3, 0.4) is 0 Å². The van der Waals surface area contributed by atoms with Gasteiger partial charge in [-0.1, -0.05) is 18.1 Å². The summed E-state index contributed by atoms with van der Waals surface area (Å²) in [5.74, 6) is 2.68. The number of aryl methyl sites for hydroxylation is 3. The molecule has 0 saturated heterocycles. The molecular formula is C23H24N6. The molecule has 0 radical (unpaired) electrons. The van der Waals surface area contributed by atoms with E-state index in [0.29, 0.717) is 6.04 Å². The van der Waals surface area contributed by atoms with Crippen molar-refractivity contribution in [1.29, 1.82) is 0 Å². The van der Waals surface area contributed by atoms with E-state index in [1.807, 2.05) is 48.8 Å². The zero-order valence-electron chi connectivity index (χ0n) is 16.9. The number of rotatable bonds is 6. The van der Waals surface area contributed by atoms with Crippen molar-refractivity contribution in [2.45, 2.75) is 32.9 Å². The predicted molar refractivity (Wildman–Crippen MR) is 114 cm³/mol. The largest absolute Gasteiger partial charge is 0.330 e. The van der Waals surface area contributed by atoms with Crippen molar-refractivity contribution in [1.82, 2.24) is 29.1 Å². The summed E-state index contributed by atoms with van der Waals surface area (Å²) >= 11 is 0. The third kappa shape index (κ3) is 3.85. The fourth-order valence-corrected chi connectivity index (χ4v) is 3.37. The van der Waals surface area contributed by atoms with Gasteiger partial charge in [0.15, 0.2) is 0 Å². The lowest BCUT2D eigenvalue weighted by Crippen LogP contribution is -2.03. The first kappa shape index (κ1) is 18.8. The number of aromatic nitrogens is 6. The van der Waals surface area contributed by atoms with Crippen LogP contribution in [0, 0.1) is 12.3 Å². The van der Waals surface area contributed by atoms with Crippen molar-refractivity contribution >= 4 is 0 Å². The van der Waals surface area contributed by atoms with E-state index in [1.54, 1.807) is 4.68 Å². The second-order valence-corrected chi connectivity index (χ2v) is 7.43. The molecule has 6 heteroatoms. The molecule has 0 bridgehead atoms. The molecule has 0 N–H and O–H groups in total. The zero-order valence-corrected chi connectivity index (χ0v) is 16.9. The van der Waals surface area contributed by atoms with Gasteiger partial charge in [0.05, 0.1) is 30.1 Å². The van der Waals surface area contributed by atoms with Gasteiger partial charge in [0.1, 0.15) is 0 Å². The number of benzene rings is 1. The highest BCUT2D eigenvalue weighted by Crippen LogP contribution is 2.31. The van der Waals surface area contributed by atoms with Crippen LogP contribution in [0.15, 0.2) is 55.4 Å². The van der Waals surface area contributed by atoms with Crippen molar-refractivity contribution in [2.24, 2.45) is 7.05 Å². The van der Waals surface area contributed by atoms with E-state index in [0.717, 1.165) is 41.0 Å². The molecule has 4 rings (SSSR count). The average Bonchev–Trinajstić information content (AvgIpc) is 3.45. The minimum absolute atomic E-state index is 0.361. The van der Waals surface area contributed by atoms with Gasteiger partial charge in [-0.2, -0.15) is 10.2 Å². The Morgan fingerprint density at radius 2 is 1.83 bits per heavy atom. The summed E-state index contributed by atoms with van der Waals surface area (Å²) < 4.78 is 5.98. The van der Waals surface area contributed by atoms with Crippen LogP contribution in [0.2, 0.25) is 0 Å². The maximum atomic E-state index is 5.52. The molecule has 0 unspecified atom stereocenters. The molecule has 0 amide bonds.